The quantitative estimate of drug-likeness (QED) is 0.612. The Kier molecular flexibility index (Phi) is 5.84. The molecule has 0 aliphatic carbocycles. The van der Waals surface area contributed by atoms with Crippen LogP contribution < -0.4 is 10.6 Å². The Morgan fingerprint density at radius 1 is 1.22 bits per heavy atom. The molecule has 1 saturated heterocycles. The van der Waals surface area contributed by atoms with Gasteiger partial charge in [0, 0.05) is 18.3 Å². The maximum absolute atomic E-state index is 12.1. The first kappa shape index (κ1) is 18.6. The molecular formula is C19H22N6O2. The summed E-state index contributed by atoms with van der Waals surface area (Å²) < 4.78 is 4.88. The first-order valence-electron chi connectivity index (χ1n) is 8.68. The van der Waals surface area contributed by atoms with Crippen LogP contribution in [0.25, 0.3) is 0 Å². The van der Waals surface area contributed by atoms with E-state index in [0.29, 0.717) is 28.6 Å². The molecular weight excluding hydrogens is 344 g/mol. The Hall–Kier alpha value is -3.18. The van der Waals surface area contributed by atoms with Crippen molar-refractivity contribution in [2.24, 2.45) is 0 Å². The summed E-state index contributed by atoms with van der Waals surface area (Å²) in [5.41, 5.74) is 1.54. The number of nitrogens with zero attached hydrogens (tertiary/aromatic N) is 4. The van der Waals surface area contributed by atoms with Crippen LogP contribution in [-0.4, -0.2) is 59.1 Å². The molecule has 0 spiro atoms. The molecule has 3 rings (SSSR count). The number of esters is 1. The van der Waals surface area contributed by atoms with E-state index in [4.69, 9.17) is 11.2 Å². The summed E-state index contributed by atoms with van der Waals surface area (Å²) in [7, 11) is 3.47. The highest BCUT2D eigenvalue weighted by Crippen LogP contribution is 2.24. The fourth-order valence-corrected chi connectivity index (χ4v) is 2.89. The van der Waals surface area contributed by atoms with E-state index in [2.05, 4.69) is 43.5 Å². The molecule has 3 heterocycles. The molecule has 0 bridgehead atoms. The number of nitrogens with one attached hydrogen (secondary N) is 2. The number of methoxy groups -OCH3 is 1. The second-order valence-corrected chi connectivity index (χ2v) is 6.38. The van der Waals surface area contributed by atoms with Gasteiger partial charge in [-0.2, -0.15) is 0 Å². The van der Waals surface area contributed by atoms with Gasteiger partial charge in [0.05, 0.1) is 25.2 Å². The average Bonchev–Trinajstić information content (AvgIpc) is 2.70. The number of carbonyl (C=O) groups excluding carboxylic acids is 1. The molecule has 0 aromatic carbocycles. The molecule has 140 valence electrons. The molecule has 2 N–H and O–H groups in total. The van der Waals surface area contributed by atoms with Gasteiger partial charge in [0.15, 0.2) is 0 Å². The van der Waals surface area contributed by atoms with Crippen molar-refractivity contribution in [2.75, 3.05) is 37.9 Å². The minimum absolute atomic E-state index is 0.287. The molecule has 2 aromatic heterocycles. The van der Waals surface area contributed by atoms with Gasteiger partial charge in [-0.3, -0.25) is 0 Å². The molecule has 27 heavy (non-hydrogen) atoms. The molecule has 1 fully saturated rings. The second-order valence-electron chi connectivity index (χ2n) is 6.38. The summed E-state index contributed by atoms with van der Waals surface area (Å²) in [4.78, 5) is 27.0. The number of terminal acetylenes is 1. The number of aromatic nitrogens is 3. The lowest BCUT2D eigenvalue weighted by Crippen LogP contribution is -2.37. The predicted molar refractivity (Wildman–Crippen MR) is 103 cm³/mol. The van der Waals surface area contributed by atoms with Gasteiger partial charge < -0.3 is 20.3 Å². The van der Waals surface area contributed by atoms with Crippen LogP contribution in [0.3, 0.4) is 0 Å². The van der Waals surface area contributed by atoms with Gasteiger partial charge in [-0.15, -0.1) is 6.42 Å². The molecule has 2 aromatic rings. The zero-order valence-corrected chi connectivity index (χ0v) is 15.4. The predicted octanol–water partition coefficient (Wildman–Crippen LogP) is 1.89. The molecule has 1 aliphatic rings. The topological polar surface area (TPSA) is 92.3 Å². The maximum atomic E-state index is 12.1. The second kappa shape index (κ2) is 8.47. The van der Waals surface area contributed by atoms with Gasteiger partial charge in [-0.25, -0.2) is 19.7 Å². The fraction of sp³-hybridized carbons (Fsp3) is 0.368. The third-order valence-corrected chi connectivity index (χ3v) is 4.44. The number of hydrogen-bond donors (Lipinski definition) is 2. The number of piperidine rings is 1. The first-order valence-corrected chi connectivity index (χ1v) is 8.68. The summed E-state index contributed by atoms with van der Waals surface area (Å²) >= 11 is 0. The molecule has 1 aliphatic heterocycles. The number of rotatable bonds is 5. The number of anilines is 3. The fourth-order valence-electron chi connectivity index (χ4n) is 2.89. The van der Waals surface area contributed by atoms with Crippen molar-refractivity contribution in [1.29, 1.82) is 0 Å². The van der Waals surface area contributed by atoms with Gasteiger partial charge in [-0.05, 0) is 38.9 Å². The third kappa shape index (κ3) is 4.71. The van der Waals surface area contributed by atoms with Crippen LogP contribution in [0, 0.1) is 12.3 Å². The standard InChI is InChI=1S/C19H22N6O2/c1-4-13-10-21-18(12-20-13)24-17-9-16(15(11-22-17)19(26)27-3)23-14-5-7-25(2)8-6-14/h1,9-12,14H,5-8H2,2-3H3,(H2,21,22,23,24). The van der Waals surface area contributed by atoms with Crippen molar-refractivity contribution in [3.05, 3.63) is 35.9 Å². The number of pyridine rings is 1. The van der Waals surface area contributed by atoms with E-state index in [0.717, 1.165) is 25.9 Å². The summed E-state index contributed by atoms with van der Waals surface area (Å²) in [5, 5.41) is 6.53. The minimum atomic E-state index is -0.428. The van der Waals surface area contributed by atoms with Crippen molar-refractivity contribution >= 4 is 23.3 Å². The minimum Gasteiger partial charge on any atom is -0.465 e. The lowest BCUT2D eigenvalue weighted by molar-refractivity contribution is 0.0601. The van der Waals surface area contributed by atoms with Gasteiger partial charge in [0.1, 0.15) is 22.9 Å². The van der Waals surface area contributed by atoms with Gasteiger partial charge in [0.2, 0.25) is 0 Å². The highest BCUT2D eigenvalue weighted by molar-refractivity contribution is 5.95. The van der Waals surface area contributed by atoms with Crippen LogP contribution >= 0.6 is 0 Å². The Balaban J connectivity index is 1.81. The molecule has 0 radical (unpaired) electrons. The molecule has 0 atom stereocenters. The number of ether oxygens (including phenoxy) is 1. The van der Waals surface area contributed by atoms with Crippen molar-refractivity contribution in [3.8, 4) is 12.3 Å². The van der Waals surface area contributed by atoms with Crippen molar-refractivity contribution in [1.82, 2.24) is 19.9 Å². The van der Waals surface area contributed by atoms with E-state index in [1.807, 2.05) is 0 Å². The van der Waals surface area contributed by atoms with Crippen molar-refractivity contribution < 1.29 is 9.53 Å². The maximum Gasteiger partial charge on any atom is 0.341 e. The highest BCUT2D eigenvalue weighted by Gasteiger charge is 2.20. The summed E-state index contributed by atoms with van der Waals surface area (Å²) in [5.74, 6) is 3.05. The molecule has 8 nitrogen and oxygen atoms in total. The number of likely N-dealkylation sites (tertiary alicyclic amines) is 1. The lowest BCUT2D eigenvalue weighted by atomic mass is 10.0. The average molecular weight is 366 g/mol. The van der Waals surface area contributed by atoms with Crippen LogP contribution in [-0.2, 0) is 4.74 Å². The largest absolute Gasteiger partial charge is 0.465 e. The van der Waals surface area contributed by atoms with Crippen molar-refractivity contribution in [3.63, 3.8) is 0 Å². The van der Waals surface area contributed by atoms with Crippen LogP contribution in [0.2, 0.25) is 0 Å². The van der Waals surface area contributed by atoms with E-state index in [-0.39, 0.29) is 6.04 Å². The zero-order valence-electron chi connectivity index (χ0n) is 15.4. The van der Waals surface area contributed by atoms with Crippen molar-refractivity contribution in [2.45, 2.75) is 18.9 Å². The van der Waals surface area contributed by atoms with Crippen LogP contribution in [0.1, 0.15) is 28.9 Å². The Bertz CT molecular complexity index is 838. The van der Waals surface area contributed by atoms with E-state index >= 15 is 0 Å². The Morgan fingerprint density at radius 2 is 1.96 bits per heavy atom. The lowest BCUT2D eigenvalue weighted by Gasteiger charge is -2.30. The van der Waals surface area contributed by atoms with E-state index in [1.165, 1.54) is 25.7 Å². The summed E-state index contributed by atoms with van der Waals surface area (Å²) in [6, 6.07) is 2.07. The molecule has 0 saturated carbocycles. The third-order valence-electron chi connectivity index (χ3n) is 4.44. The van der Waals surface area contributed by atoms with Gasteiger partial charge in [0.25, 0.3) is 0 Å². The highest BCUT2D eigenvalue weighted by atomic mass is 16.5. The molecule has 0 amide bonds. The van der Waals surface area contributed by atoms with Crippen LogP contribution in [0.4, 0.5) is 17.3 Å². The SMILES string of the molecule is C#Cc1cnc(Nc2cc(NC3CCN(C)CC3)c(C(=O)OC)cn2)cn1. The molecule has 8 heteroatoms. The number of hydrogen-bond acceptors (Lipinski definition) is 8. The van der Waals surface area contributed by atoms with Gasteiger partial charge in [-0.1, -0.05) is 0 Å². The van der Waals surface area contributed by atoms with E-state index in [9.17, 15) is 4.79 Å². The smallest absolute Gasteiger partial charge is 0.341 e. The molecule has 0 unspecified atom stereocenters. The Morgan fingerprint density at radius 3 is 2.59 bits per heavy atom. The number of carbonyl (C=O) groups is 1. The van der Waals surface area contributed by atoms with Crippen LogP contribution in [0.5, 0.6) is 0 Å². The summed E-state index contributed by atoms with van der Waals surface area (Å²) in [6.07, 6.45) is 11.8. The monoisotopic (exact) mass is 366 g/mol. The van der Waals surface area contributed by atoms with E-state index < -0.39 is 5.97 Å². The Labute approximate surface area is 158 Å². The first-order chi connectivity index (χ1) is 13.1. The normalized spacial score (nSPS) is 15.0. The van der Waals surface area contributed by atoms with Crippen LogP contribution in [0.15, 0.2) is 24.7 Å². The summed E-state index contributed by atoms with van der Waals surface area (Å²) in [6.45, 7) is 2.02. The van der Waals surface area contributed by atoms with E-state index in [1.54, 1.807) is 6.07 Å². The zero-order chi connectivity index (χ0) is 19.2. The van der Waals surface area contributed by atoms with Gasteiger partial charge >= 0.3 is 5.97 Å².